The van der Waals surface area contributed by atoms with E-state index in [4.69, 9.17) is 14.6 Å². The molecule has 0 unspecified atom stereocenters. The van der Waals surface area contributed by atoms with Crippen molar-refractivity contribution in [2.45, 2.75) is 53.4 Å². The van der Waals surface area contributed by atoms with Crippen molar-refractivity contribution in [2.24, 2.45) is 10.4 Å². The number of carboxylic acids is 1. The number of carboxylic acid groups (broad SMARTS) is 1. The molecule has 0 radical (unpaired) electrons. The van der Waals surface area contributed by atoms with Gasteiger partial charge in [-0.05, 0) is 91.5 Å². The summed E-state index contributed by atoms with van der Waals surface area (Å²) in [6.07, 6.45) is 4.01. The summed E-state index contributed by atoms with van der Waals surface area (Å²) in [5.41, 5.74) is 8.33. The molecule has 0 saturated carbocycles. The molecule has 2 N–H and O–H groups in total. The molecule has 1 aromatic heterocycles. The Morgan fingerprint density at radius 1 is 1.26 bits per heavy atom. The molecule has 164 valence electrons. The molecule has 2 aliphatic rings. The highest BCUT2D eigenvalue weighted by atomic mass is 16.5. The number of aromatic nitrogens is 2. The summed E-state index contributed by atoms with van der Waals surface area (Å²) in [6.45, 7) is 10.1. The number of nitrogens with zero attached hydrogens (tertiary/aromatic N) is 3. The van der Waals surface area contributed by atoms with Crippen molar-refractivity contribution >= 4 is 11.7 Å². The van der Waals surface area contributed by atoms with Gasteiger partial charge >= 0.3 is 5.97 Å². The molecule has 0 amide bonds. The van der Waals surface area contributed by atoms with Gasteiger partial charge in [0.1, 0.15) is 5.71 Å². The standard InChI is InChI=1S/C24H30N4O3/c1-14-9-16(10-15(2)18(14)6-8-25-13-20(29)30)22-27-23(31-28-22)21-19-5-7-24(3,4)11-17(19)12-26-21/h9-10,25H,5-8,11-13H2,1-4H3,(H,29,30). The summed E-state index contributed by atoms with van der Waals surface area (Å²) in [5, 5.41) is 15.9. The third-order valence-electron chi connectivity index (χ3n) is 6.30. The minimum Gasteiger partial charge on any atom is -0.480 e. The van der Waals surface area contributed by atoms with Gasteiger partial charge in [-0.25, -0.2) is 0 Å². The van der Waals surface area contributed by atoms with Gasteiger partial charge in [-0.3, -0.25) is 9.79 Å². The molecule has 0 bridgehead atoms. The smallest absolute Gasteiger partial charge is 0.317 e. The van der Waals surface area contributed by atoms with Crippen molar-refractivity contribution < 1.29 is 14.4 Å². The molecule has 1 aliphatic carbocycles. The number of rotatable bonds is 7. The Bertz CT molecular complexity index is 1060. The number of benzene rings is 1. The van der Waals surface area contributed by atoms with Crippen LogP contribution in [0.15, 0.2) is 32.8 Å². The average Bonchev–Trinajstić information content (AvgIpc) is 3.32. The number of hydrogen-bond acceptors (Lipinski definition) is 6. The molecule has 0 spiro atoms. The third-order valence-corrected chi connectivity index (χ3v) is 6.30. The summed E-state index contributed by atoms with van der Waals surface area (Å²) in [6, 6.07) is 4.14. The van der Waals surface area contributed by atoms with Crippen LogP contribution >= 0.6 is 0 Å². The molecule has 1 aliphatic heterocycles. The lowest BCUT2D eigenvalue weighted by Gasteiger charge is -2.30. The molecular formula is C24H30N4O3. The van der Waals surface area contributed by atoms with E-state index in [1.807, 2.05) is 0 Å². The zero-order chi connectivity index (χ0) is 22.2. The number of allylic oxidation sites excluding steroid dienone is 1. The average molecular weight is 423 g/mol. The third kappa shape index (κ3) is 4.61. The Balaban J connectivity index is 1.51. The Kier molecular flexibility index (Phi) is 5.79. The first kappa shape index (κ1) is 21.4. The number of aliphatic carboxylic acids is 1. The highest BCUT2D eigenvalue weighted by Crippen LogP contribution is 2.42. The first-order valence-corrected chi connectivity index (χ1v) is 10.9. The maximum absolute atomic E-state index is 10.7. The lowest BCUT2D eigenvalue weighted by Crippen LogP contribution is -2.25. The molecule has 1 aromatic carbocycles. The molecule has 31 heavy (non-hydrogen) atoms. The molecule has 0 saturated heterocycles. The van der Waals surface area contributed by atoms with E-state index < -0.39 is 5.97 Å². The molecule has 7 nitrogen and oxygen atoms in total. The van der Waals surface area contributed by atoms with Crippen molar-refractivity contribution in [1.29, 1.82) is 0 Å². The number of aryl methyl sites for hydroxylation is 2. The van der Waals surface area contributed by atoms with Crippen molar-refractivity contribution in [1.82, 2.24) is 15.5 Å². The second kappa shape index (κ2) is 8.38. The van der Waals surface area contributed by atoms with E-state index in [1.165, 1.54) is 16.7 Å². The zero-order valence-corrected chi connectivity index (χ0v) is 18.7. The second-order valence-electron chi connectivity index (χ2n) is 9.42. The topological polar surface area (TPSA) is 101 Å². The van der Waals surface area contributed by atoms with Gasteiger partial charge in [0.05, 0.1) is 13.1 Å². The number of aliphatic imine (C=N–C) groups is 1. The molecule has 0 atom stereocenters. The zero-order valence-electron chi connectivity index (χ0n) is 18.7. The van der Waals surface area contributed by atoms with Crippen LogP contribution in [-0.2, 0) is 11.2 Å². The largest absolute Gasteiger partial charge is 0.480 e. The predicted octanol–water partition coefficient (Wildman–Crippen LogP) is 3.88. The van der Waals surface area contributed by atoms with Crippen LogP contribution in [0.5, 0.6) is 0 Å². The normalized spacial score (nSPS) is 17.6. The van der Waals surface area contributed by atoms with E-state index >= 15 is 0 Å². The molecule has 7 heteroatoms. The van der Waals surface area contributed by atoms with E-state index in [-0.39, 0.29) is 6.54 Å². The van der Waals surface area contributed by atoms with Gasteiger partial charge < -0.3 is 14.9 Å². The predicted molar refractivity (Wildman–Crippen MR) is 119 cm³/mol. The fraction of sp³-hybridized carbons (Fsp3) is 0.500. The van der Waals surface area contributed by atoms with E-state index in [9.17, 15) is 4.79 Å². The lowest BCUT2D eigenvalue weighted by atomic mass is 9.74. The molecule has 0 fully saturated rings. The van der Waals surface area contributed by atoms with Gasteiger partial charge in [-0.15, -0.1) is 0 Å². The van der Waals surface area contributed by atoms with E-state index in [0.717, 1.165) is 54.6 Å². The highest BCUT2D eigenvalue weighted by Gasteiger charge is 2.33. The summed E-state index contributed by atoms with van der Waals surface area (Å²) in [7, 11) is 0. The highest BCUT2D eigenvalue weighted by molar-refractivity contribution is 6.12. The maximum Gasteiger partial charge on any atom is 0.317 e. The van der Waals surface area contributed by atoms with Crippen LogP contribution < -0.4 is 5.32 Å². The first-order chi connectivity index (χ1) is 14.7. The van der Waals surface area contributed by atoms with Gasteiger partial charge in [-0.1, -0.05) is 19.0 Å². The van der Waals surface area contributed by atoms with Gasteiger partial charge in [0.2, 0.25) is 5.82 Å². The Morgan fingerprint density at radius 2 is 2.00 bits per heavy atom. The van der Waals surface area contributed by atoms with E-state index in [1.54, 1.807) is 0 Å². The lowest BCUT2D eigenvalue weighted by molar-refractivity contribution is -0.135. The quantitative estimate of drug-likeness (QED) is 0.657. The van der Waals surface area contributed by atoms with Crippen molar-refractivity contribution in [3.8, 4) is 11.4 Å². The van der Waals surface area contributed by atoms with Crippen LogP contribution in [-0.4, -0.2) is 46.6 Å². The Morgan fingerprint density at radius 3 is 2.71 bits per heavy atom. The number of nitrogens with one attached hydrogen (secondary N) is 1. The first-order valence-electron chi connectivity index (χ1n) is 10.9. The number of carbonyl (C=O) groups is 1. The van der Waals surface area contributed by atoms with E-state index in [2.05, 4.69) is 55.3 Å². The van der Waals surface area contributed by atoms with Crippen LogP contribution in [0.25, 0.3) is 11.4 Å². The number of hydrogen-bond donors (Lipinski definition) is 2. The van der Waals surface area contributed by atoms with Crippen LogP contribution in [0.1, 0.15) is 55.7 Å². The van der Waals surface area contributed by atoms with Gasteiger partial charge in [0, 0.05) is 5.56 Å². The minimum atomic E-state index is -0.844. The molecule has 2 heterocycles. The fourth-order valence-corrected chi connectivity index (χ4v) is 4.68. The Labute approximate surface area is 182 Å². The van der Waals surface area contributed by atoms with Gasteiger partial charge in [0.15, 0.2) is 0 Å². The second-order valence-corrected chi connectivity index (χ2v) is 9.42. The molecule has 2 aromatic rings. The molecule has 4 rings (SSSR count). The summed E-state index contributed by atoms with van der Waals surface area (Å²) in [4.78, 5) is 20.1. The monoisotopic (exact) mass is 422 g/mol. The summed E-state index contributed by atoms with van der Waals surface area (Å²) >= 11 is 0. The minimum absolute atomic E-state index is 0.0264. The van der Waals surface area contributed by atoms with Crippen molar-refractivity contribution in [3.63, 3.8) is 0 Å². The van der Waals surface area contributed by atoms with Crippen molar-refractivity contribution in [2.75, 3.05) is 19.6 Å². The van der Waals surface area contributed by atoms with Crippen LogP contribution in [0.4, 0.5) is 0 Å². The van der Waals surface area contributed by atoms with Crippen molar-refractivity contribution in [3.05, 3.63) is 45.9 Å². The maximum atomic E-state index is 10.7. The van der Waals surface area contributed by atoms with Crippen LogP contribution in [0, 0.1) is 19.3 Å². The summed E-state index contributed by atoms with van der Waals surface area (Å²) in [5.74, 6) is 0.241. The fourth-order valence-electron chi connectivity index (χ4n) is 4.68. The van der Waals surface area contributed by atoms with E-state index in [0.29, 0.717) is 23.7 Å². The molecular weight excluding hydrogens is 392 g/mol. The van der Waals surface area contributed by atoms with Crippen LogP contribution in [0.3, 0.4) is 0 Å². The van der Waals surface area contributed by atoms with Crippen LogP contribution in [0.2, 0.25) is 0 Å². The van der Waals surface area contributed by atoms with Gasteiger partial charge in [0.25, 0.3) is 5.89 Å². The summed E-state index contributed by atoms with van der Waals surface area (Å²) < 4.78 is 5.62. The van der Waals surface area contributed by atoms with Gasteiger partial charge in [-0.2, -0.15) is 4.98 Å². The SMILES string of the molecule is Cc1cc(-c2noc(C3=NCC4=C3CCC(C)(C)C4)n2)cc(C)c1CCNCC(=O)O. The Hall–Kier alpha value is -2.80.